The van der Waals surface area contributed by atoms with Crippen molar-refractivity contribution < 1.29 is 19.0 Å². The number of fused-ring (bicyclic) bond motifs is 1. The molecule has 0 unspecified atom stereocenters. The largest absolute Gasteiger partial charge is 0.454 e. The van der Waals surface area contributed by atoms with E-state index in [2.05, 4.69) is 20.9 Å². The number of cyclic esters (lactones) is 1. The molecule has 0 saturated carbocycles. The van der Waals surface area contributed by atoms with Crippen molar-refractivity contribution in [2.75, 3.05) is 6.79 Å². The van der Waals surface area contributed by atoms with E-state index < -0.39 is 5.97 Å². The third-order valence-corrected chi connectivity index (χ3v) is 4.39. The number of halogens is 1. The summed E-state index contributed by atoms with van der Waals surface area (Å²) in [4.78, 5) is 16.4. The standard InChI is InChI=1S/C18H12BrNO4/c1-10-2-4-11(5-3-10)17-20-14(18(21)24-17)6-12-7-15-16(8-13(12)19)23-9-22-15/h2-8H,9H2,1H3. The minimum Gasteiger partial charge on any atom is -0.454 e. The molecule has 0 bridgehead atoms. The van der Waals surface area contributed by atoms with Gasteiger partial charge in [-0.2, -0.15) is 0 Å². The highest BCUT2D eigenvalue weighted by atomic mass is 79.9. The lowest BCUT2D eigenvalue weighted by Gasteiger charge is -2.02. The number of hydrogen-bond acceptors (Lipinski definition) is 5. The molecule has 0 fully saturated rings. The second kappa shape index (κ2) is 5.79. The fourth-order valence-corrected chi connectivity index (χ4v) is 2.86. The summed E-state index contributed by atoms with van der Waals surface area (Å²) >= 11 is 3.46. The molecular weight excluding hydrogens is 374 g/mol. The van der Waals surface area contributed by atoms with Gasteiger partial charge in [0, 0.05) is 10.0 Å². The topological polar surface area (TPSA) is 57.1 Å². The molecule has 2 aromatic rings. The van der Waals surface area contributed by atoms with E-state index in [1.165, 1.54) is 0 Å². The Kier molecular flexibility index (Phi) is 3.61. The van der Waals surface area contributed by atoms with E-state index in [1.807, 2.05) is 31.2 Å². The summed E-state index contributed by atoms with van der Waals surface area (Å²) in [6.07, 6.45) is 1.66. The number of esters is 1. The van der Waals surface area contributed by atoms with Crippen molar-refractivity contribution in [1.82, 2.24) is 0 Å². The normalized spacial score (nSPS) is 17.2. The number of hydrogen-bond donors (Lipinski definition) is 0. The molecule has 5 nitrogen and oxygen atoms in total. The van der Waals surface area contributed by atoms with Gasteiger partial charge in [0.05, 0.1) is 0 Å². The van der Waals surface area contributed by atoms with Crippen LogP contribution in [0.3, 0.4) is 0 Å². The van der Waals surface area contributed by atoms with E-state index in [9.17, 15) is 4.79 Å². The molecule has 0 amide bonds. The minimum atomic E-state index is -0.477. The van der Waals surface area contributed by atoms with E-state index in [1.54, 1.807) is 18.2 Å². The van der Waals surface area contributed by atoms with Crippen molar-refractivity contribution >= 4 is 33.9 Å². The lowest BCUT2D eigenvalue weighted by Crippen LogP contribution is -2.05. The predicted octanol–water partition coefficient (Wildman–Crippen LogP) is 3.83. The van der Waals surface area contributed by atoms with Crippen molar-refractivity contribution in [2.24, 2.45) is 4.99 Å². The zero-order valence-electron chi connectivity index (χ0n) is 12.7. The van der Waals surface area contributed by atoms with Crippen LogP contribution >= 0.6 is 15.9 Å². The fourth-order valence-electron chi connectivity index (χ4n) is 2.42. The van der Waals surface area contributed by atoms with Crippen LogP contribution in [-0.4, -0.2) is 18.7 Å². The quantitative estimate of drug-likeness (QED) is 0.582. The molecule has 2 aliphatic heterocycles. The SMILES string of the molecule is Cc1ccc(C2=NC(=Cc3cc4c(cc3Br)OCO4)C(=O)O2)cc1. The number of carbonyl (C=O) groups is 1. The van der Waals surface area contributed by atoms with Crippen molar-refractivity contribution in [1.29, 1.82) is 0 Å². The van der Waals surface area contributed by atoms with E-state index in [0.29, 0.717) is 17.4 Å². The Labute approximate surface area is 146 Å². The van der Waals surface area contributed by atoms with Crippen molar-refractivity contribution in [2.45, 2.75) is 6.92 Å². The molecular formula is C18H12BrNO4. The molecule has 24 heavy (non-hydrogen) atoms. The summed E-state index contributed by atoms with van der Waals surface area (Å²) in [5, 5.41) is 0. The Hall–Kier alpha value is -2.60. The number of rotatable bonds is 2. The molecule has 2 aromatic carbocycles. The highest BCUT2D eigenvalue weighted by Gasteiger charge is 2.25. The minimum absolute atomic E-state index is 0.194. The van der Waals surface area contributed by atoms with Gasteiger partial charge in [0.1, 0.15) is 0 Å². The average Bonchev–Trinajstić information content (AvgIpc) is 3.15. The van der Waals surface area contributed by atoms with Crippen LogP contribution in [0.15, 0.2) is 51.6 Å². The van der Waals surface area contributed by atoms with E-state index >= 15 is 0 Å². The molecule has 2 aliphatic rings. The average molecular weight is 386 g/mol. The fraction of sp³-hybridized carbons (Fsp3) is 0.111. The van der Waals surface area contributed by atoms with Crippen LogP contribution in [0.4, 0.5) is 0 Å². The van der Waals surface area contributed by atoms with Crippen LogP contribution in [-0.2, 0) is 9.53 Å². The van der Waals surface area contributed by atoms with Crippen LogP contribution in [0.25, 0.3) is 6.08 Å². The third-order valence-electron chi connectivity index (χ3n) is 3.70. The number of nitrogens with zero attached hydrogens (tertiary/aromatic N) is 1. The number of carbonyl (C=O) groups excluding carboxylic acids is 1. The molecule has 0 N–H and O–H groups in total. The van der Waals surface area contributed by atoms with Gasteiger partial charge in [-0.3, -0.25) is 0 Å². The van der Waals surface area contributed by atoms with Crippen molar-refractivity contribution in [3.63, 3.8) is 0 Å². The lowest BCUT2D eigenvalue weighted by molar-refractivity contribution is -0.129. The Balaban J connectivity index is 1.70. The first-order chi connectivity index (χ1) is 11.6. The maximum atomic E-state index is 12.1. The van der Waals surface area contributed by atoms with Crippen LogP contribution < -0.4 is 9.47 Å². The first-order valence-corrected chi connectivity index (χ1v) is 8.08. The zero-order valence-corrected chi connectivity index (χ0v) is 14.3. The first kappa shape index (κ1) is 15.0. The van der Waals surface area contributed by atoms with Crippen LogP contribution in [0.2, 0.25) is 0 Å². The monoisotopic (exact) mass is 385 g/mol. The maximum absolute atomic E-state index is 12.1. The smallest absolute Gasteiger partial charge is 0.363 e. The number of ether oxygens (including phenoxy) is 3. The highest BCUT2D eigenvalue weighted by molar-refractivity contribution is 9.10. The van der Waals surface area contributed by atoms with Gasteiger partial charge in [0.25, 0.3) is 0 Å². The molecule has 0 radical (unpaired) electrons. The number of benzene rings is 2. The molecule has 2 heterocycles. The molecule has 120 valence electrons. The summed E-state index contributed by atoms with van der Waals surface area (Å²) in [7, 11) is 0. The molecule has 0 aliphatic carbocycles. The van der Waals surface area contributed by atoms with Gasteiger partial charge in [-0.05, 0) is 42.8 Å². The van der Waals surface area contributed by atoms with Crippen molar-refractivity contribution in [3.8, 4) is 11.5 Å². The van der Waals surface area contributed by atoms with Crippen LogP contribution in [0.1, 0.15) is 16.7 Å². The van der Waals surface area contributed by atoms with E-state index in [0.717, 1.165) is 21.2 Å². The first-order valence-electron chi connectivity index (χ1n) is 7.29. The van der Waals surface area contributed by atoms with E-state index in [4.69, 9.17) is 14.2 Å². The summed E-state index contributed by atoms with van der Waals surface area (Å²) < 4.78 is 16.7. The van der Waals surface area contributed by atoms with Gasteiger partial charge in [0.15, 0.2) is 17.2 Å². The van der Waals surface area contributed by atoms with Gasteiger partial charge in [-0.1, -0.05) is 33.6 Å². The Morgan fingerprint density at radius 2 is 1.83 bits per heavy atom. The van der Waals surface area contributed by atoms with Gasteiger partial charge < -0.3 is 14.2 Å². The Morgan fingerprint density at radius 1 is 1.12 bits per heavy atom. The summed E-state index contributed by atoms with van der Waals surface area (Å²) in [6.45, 7) is 2.19. The van der Waals surface area contributed by atoms with Crippen LogP contribution in [0, 0.1) is 6.92 Å². The third kappa shape index (κ3) is 2.69. The number of aliphatic imine (C=N–C) groups is 1. The molecule has 6 heteroatoms. The zero-order chi connectivity index (χ0) is 16.7. The maximum Gasteiger partial charge on any atom is 0.363 e. The van der Waals surface area contributed by atoms with Crippen molar-refractivity contribution in [3.05, 3.63) is 63.3 Å². The molecule has 0 spiro atoms. The van der Waals surface area contributed by atoms with E-state index in [-0.39, 0.29) is 12.5 Å². The Bertz CT molecular complexity index is 900. The lowest BCUT2D eigenvalue weighted by atomic mass is 10.1. The molecule has 4 rings (SSSR count). The summed E-state index contributed by atoms with van der Waals surface area (Å²) in [5.74, 6) is 1.14. The Morgan fingerprint density at radius 3 is 2.58 bits per heavy atom. The van der Waals surface area contributed by atoms with Gasteiger partial charge >= 0.3 is 5.97 Å². The molecule has 0 saturated heterocycles. The summed E-state index contributed by atoms with van der Waals surface area (Å²) in [6, 6.07) is 11.2. The molecule has 0 aromatic heterocycles. The van der Waals surface area contributed by atoms with Gasteiger partial charge in [-0.15, -0.1) is 0 Å². The highest BCUT2D eigenvalue weighted by Crippen LogP contribution is 2.38. The predicted molar refractivity (Wildman–Crippen MR) is 92.1 cm³/mol. The number of aryl methyl sites for hydroxylation is 1. The second-order valence-corrected chi connectivity index (χ2v) is 6.28. The second-order valence-electron chi connectivity index (χ2n) is 5.43. The summed E-state index contributed by atoms with van der Waals surface area (Å²) in [5.41, 5.74) is 2.90. The van der Waals surface area contributed by atoms with Gasteiger partial charge in [-0.25, -0.2) is 9.79 Å². The van der Waals surface area contributed by atoms with Crippen LogP contribution in [0.5, 0.6) is 11.5 Å². The van der Waals surface area contributed by atoms with Gasteiger partial charge in [0.2, 0.25) is 12.7 Å². The molecule has 0 atom stereocenters.